The smallest absolute Gasteiger partial charge is 0.311 e. The molecule has 0 bridgehead atoms. The minimum absolute atomic E-state index is 0.0175. The maximum absolute atomic E-state index is 12.5. The summed E-state index contributed by atoms with van der Waals surface area (Å²) >= 11 is 0. The molecule has 2 fully saturated rings. The Balaban J connectivity index is 2.03. The molecule has 2 amide bonds. The van der Waals surface area contributed by atoms with E-state index in [0.717, 1.165) is 0 Å². The van der Waals surface area contributed by atoms with Crippen LogP contribution in [0.3, 0.4) is 0 Å². The maximum atomic E-state index is 12.5. The van der Waals surface area contributed by atoms with Gasteiger partial charge in [-0.05, 0) is 26.7 Å². The Morgan fingerprint density at radius 1 is 1.45 bits per heavy atom. The van der Waals surface area contributed by atoms with E-state index >= 15 is 0 Å². The molecule has 2 saturated heterocycles. The number of carbonyl (C=O) groups is 3. The van der Waals surface area contributed by atoms with E-state index in [9.17, 15) is 19.5 Å². The third kappa shape index (κ3) is 2.64. The standard InChI is InChI=1S/C14H22N2O4/c1-3-15-8-10(7-11(15)17)12(18)16-6-4-5-14(2,9-16)13(19)20/h10H,3-9H2,1-2H3,(H,19,20). The molecular formula is C14H22N2O4. The highest BCUT2D eigenvalue weighted by molar-refractivity contribution is 5.89. The fraction of sp³-hybridized carbons (Fsp3) is 0.786. The number of carbonyl (C=O) groups excluding carboxylic acids is 2. The number of nitrogens with zero attached hydrogens (tertiary/aromatic N) is 2. The Morgan fingerprint density at radius 2 is 2.15 bits per heavy atom. The molecule has 6 heteroatoms. The largest absolute Gasteiger partial charge is 0.481 e. The van der Waals surface area contributed by atoms with E-state index in [-0.39, 0.29) is 30.7 Å². The minimum Gasteiger partial charge on any atom is -0.481 e. The lowest BCUT2D eigenvalue weighted by Gasteiger charge is -2.38. The summed E-state index contributed by atoms with van der Waals surface area (Å²) in [5.74, 6) is -1.21. The second kappa shape index (κ2) is 5.42. The molecule has 2 aliphatic rings. The normalized spacial score (nSPS) is 30.7. The highest BCUT2D eigenvalue weighted by Gasteiger charge is 2.42. The van der Waals surface area contributed by atoms with Crippen molar-refractivity contribution in [3.05, 3.63) is 0 Å². The first-order valence-corrected chi connectivity index (χ1v) is 7.17. The zero-order valence-corrected chi connectivity index (χ0v) is 12.1. The summed E-state index contributed by atoms with van der Waals surface area (Å²) in [5, 5.41) is 9.28. The van der Waals surface area contributed by atoms with E-state index in [0.29, 0.717) is 32.5 Å². The van der Waals surface area contributed by atoms with Crippen LogP contribution < -0.4 is 0 Å². The van der Waals surface area contributed by atoms with Crippen molar-refractivity contribution in [2.45, 2.75) is 33.1 Å². The summed E-state index contributed by atoms with van der Waals surface area (Å²) in [6.45, 7) is 5.51. The number of rotatable bonds is 3. The molecular weight excluding hydrogens is 260 g/mol. The van der Waals surface area contributed by atoms with Gasteiger partial charge in [0.2, 0.25) is 11.8 Å². The second-order valence-electron chi connectivity index (χ2n) is 6.06. The average Bonchev–Trinajstić information content (AvgIpc) is 2.79. The molecule has 20 heavy (non-hydrogen) atoms. The highest BCUT2D eigenvalue weighted by Crippen LogP contribution is 2.31. The molecule has 112 valence electrons. The van der Waals surface area contributed by atoms with Crippen LogP contribution in [0.15, 0.2) is 0 Å². The van der Waals surface area contributed by atoms with Gasteiger partial charge < -0.3 is 14.9 Å². The molecule has 1 N–H and O–H groups in total. The van der Waals surface area contributed by atoms with Crippen LogP contribution in [0.5, 0.6) is 0 Å². The summed E-state index contributed by atoms with van der Waals surface area (Å²) in [6, 6.07) is 0. The number of hydrogen-bond donors (Lipinski definition) is 1. The Morgan fingerprint density at radius 3 is 2.70 bits per heavy atom. The molecule has 0 aromatic heterocycles. The topological polar surface area (TPSA) is 77.9 Å². The number of amides is 2. The predicted octanol–water partition coefficient (Wildman–Crippen LogP) is 0.568. The maximum Gasteiger partial charge on any atom is 0.311 e. The molecule has 2 aliphatic heterocycles. The number of carboxylic acids is 1. The van der Waals surface area contributed by atoms with Gasteiger partial charge in [-0.25, -0.2) is 0 Å². The summed E-state index contributed by atoms with van der Waals surface area (Å²) in [4.78, 5) is 38.8. The van der Waals surface area contributed by atoms with Crippen molar-refractivity contribution in [3.8, 4) is 0 Å². The number of aliphatic carboxylic acids is 1. The van der Waals surface area contributed by atoms with Gasteiger partial charge in [0.25, 0.3) is 0 Å². The highest BCUT2D eigenvalue weighted by atomic mass is 16.4. The van der Waals surface area contributed by atoms with E-state index < -0.39 is 11.4 Å². The first-order chi connectivity index (χ1) is 9.37. The fourth-order valence-electron chi connectivity index (χ4n) is 3.10. The van der Waals surface area contributed by atoms with Crippen molar-refractivity contribution in [2.75, 3.05) is 26.2 Å². The van der Waals surface area contributed by atoms with Crippen LogP contribution in [-0.4, -0.2) is 58.9 Å². The van der Waals surface area contributed by atoms with Crippen molar-refractivity contribution in [3.63, 3.8) is 0 Å². The Labute approximate surface area is 118 Å². The molecule has 2 rings (SSSR count). The first kappa shape index (κ1) is 14.8. The number of likely N-dealkylation sites (tertiary alicyclic amines) is 2. The molecule has 2 unspecified atom stereocenters. The molecule has 0 aromatic rings. The average molecular weight is 282 g/mol. The van der Waals surface area contributed by atoms with E-state index in [1.807, 2.05) is 6.92 Å². The molecule has 0 spiro atoms. The van der Waals surface area contributed by atoms with Crippen molar-refractivity contribution in [2.24, 2.45) is 11.3 Å². The van der Waals surface area contributed by atoms with Crippen LogP contribution in [0, 0.1) is 11.3 Å². The van der Waals surface area contributed by atoms with Gasteiger partial charge in [0, 0.05) is 32.6 Å². The number of hydrogen-bond acceptors (Lipinski definition) is 3. The third-order valence-corrected chi connectivity index (χ3v) is 4.47. The SMILES string of the molecule is CCN1CC(C(=O)N2CCCC(C)(C(=O)O)C2)CC1=O. The fourth-order valence-corrected chi connectivity index (χ4v) is 3.10. The zero-order chi connectivity index (χ0) is 14.9. The van der Waals surface area contributed by atoms with Crippen LogP contribution in [-0.2, 0) is 14.4 Å². The molecule has 0 saturated carbocycles. The van der Waals surface area contributed by atoms with Gasteiger partial charge in [-0.3, -0.25) is 14.4 Å². The van der Waals surface area contributed by atoms with Gasteiger partial charge in [0.05, 0.1) is 11.3 Å². The Kier molecular flexibility index (Phi) is 4.01. The summed E-state index contributed by atoms with van der Waals surface area (Å²) in [6.07, 6.45) is 1.55. The van der Waals surface area contributed by atoms with Crippen molar-refractivity contribution in [1.29, 1.82) is 0 Å². The first-order valence-electron chi connectivity index (χ1n) is 7.17. The van der Waals surface area contributed by atoms with Gasteiger partial charge in [0.15, 0.2) is 0 Å². The van der Waals surface area contributed by atoms with Crippen LogP contribution in [0.4, 0.5) is 0 Å². The van der Waals surface area contributed by atoms with Crippen molar-refractivity contribution >= 4 is 17.8 Å². The van der Waals surface area contributed by atoms with E-state index in [1.165, 1.54) is 0 Å². The zero-order valence-electron chi connectivity index (χ0n) is 12.1. The van der Waals surface area contributed by atoms with Crippen LogP contribution >= 0.6 is 0 Å². The van der Waals surface area contributed by atoms with E-state index in [2.05, 4.69) is 0 Å². The van der Waals surface area contributed by atoms with Gasteiger partial charge in [-0.2, -0.15) is 0 Å². The van der Waals surface area contributed by atoms with Gasteiger partial charge in [-0.1, -0.05) is 0 Å². The number of piperidine rings is 1. The van der Waals surface area contributed by atoms with Crippen molar-refractivity contribution < 1.29 is 19.5 Å². The molecule has 0 aliphatic carbocycles. The van der Waals surface area contributed by atoms with Crippen LogP contribution in [0.2, 0.25) is 0 Å². The van der Waals surface area contributed by atoms with E-state index in [4.69, 9.17) is 0 Å². The van der Waals surface area contributed by atoms with Crippen LogP contribution in [0.1, 0.15) is 33.1 Å². The lowest BCUT2D eigenvalue weighted by molar-refractivity contribution is -0.154. The summed E-state index contributed by atoms with van der Waals surface area (Å²) in [7, 11) is 0. The van der Waals surface area contributed by atoms with E-state index in [1.54, 1.807) is 16.7 Å². The van der Waals surface area contributed by atoms with Gasteiger partial charge in [0.1, 0.15) is 0 Å². The van der Waals surface area contributed by atoms with Crippen molar-refractivity contribution in [1.82, 2.24) is 9.80 Å². The Hall–Kier alpha value is -1.59. The second-order valence-corrected chi connectivity index (χ2v) is 6.06. The minimum atomic E-state index is -0.860. The summed E-state index contributed by atoms with van der Waals surface area (Å²) < 4.78 is 0. The molecule has 2 atom stereocenters. The Bertz CT molecular complexity index is 437. The lowest BCUT2D eigenvalue weighted by Crippen LogP contribution is -2.50. The quantitative estimate of drug-likeness (QED) is 0.821. The predicted molar refractivity (Wildman–Crippen MR) is 71.9 cm³/mol. The molecule has 6 nitrogen and oxygen atoms in total. The number of carboxylic acid groups (broad SMARTS) is 1. The van der Waals surface area contributed by atoms with Gasteiger partial charge >= 0.3 is 5.97 Å². The van der Waals surface area contributed by atoms with Crippen LogP contribution in [0.25, 0.3) is 0 Å². The third-order valence-electron chi connectivity index (χ3n) is 4.47. The molecule has 2 heterocycles. The molecule has 0 aromatic carbocycles. The summed E-state index contributed by atoms with van der Waals surface area (Å²) in [5.41, 5.74) is -0.860. The monoisotopic (exact) mass is 282 g/mol. The lowest BCUT2D eigenvalue weighted by atomic mass is 9.81. The molecule has 0 radical (unpaired) electrons. The van der Waals surface area contributed by atoms with Gasteiger partial charge in [-0.15, -0.1) is 0 Å².